The van der Waals surface area contributed by atoms with Gasteiger partial charge in [0.25, 0.3) is 0 Å². The predicted octanol–water partition coefficient (Wildman–Crippen LogP) is 4.57. The number of carbonyl (C=O) groups excluding carboxylic acids is 2. The van der Waals surface area contributed by atoms with Crippen molar-refractivity contribution in [1.29, 1.82) is 5.26 Å². The van der Waals surface area contributed by atoms with E-state index in [0.717, 1.165) is 0 Å². The fourth-order valence-electron chi connectivity index (χ4n) is 2.00. The van der Waals surface area contributed by atoms with E-state index in [2.05, 4.69) is 4.74 Å². The molecule has 0 aliphatic heterocycles. The Labute approximate surface area is 148 Å². The molecule has 0 saturated carbocycles. The summed E-state index contributed by atoms with van der Waals surface area (Å²) >= 11 is 12.0. The lowest BCUT2D eigenvalue weighted by Gasteiger charge is -2.05. The van der Waals surface area contributed by atoms with Crippen molar-refractivity contribution in [2.75, 3.05) is 7.11 Å². The molecule has 0 heterocycles. The zero-order valence-corrected chi connectivity index (χ0v) is 14.1. The monoisotopic (exact) mass is 359 g/mol. The van der Waals surface area contributed by atoms with E-state index in [1.807, 2.05) is 6.07 Å². The average Bonchev–Trinajstić information content (AvgIpc) is 2.59. The van der Waals surface area contributed by atoms with Crippen LogP contribution in [0.15, 0.2) is 48.0 Å². The lowest BCUT2D eigenvalue weighted by molar-refractivity contribution is 0.0600. The van der Waals surface area contributed by atoms with Crippen LogP contribution in [-0.4, -0.2) is 18.9 Å². The summed E-state index contributed by atoms with van der Waals surface area (Å²) < 4.78 is 4.61. The van der Waals surface area contributed by atoms with E-state index in [4.69, 9.17) is 23.2 Å². The molecular weight excluding hydrogens is 349 g/mol. The molecule has 2 rings (SSSR count). The largest absolute Gasteiger partial charge is 0.465 e. The minimum absolute atomic E-state index is 0.0832. The number of esters is 1. The van der Waals surface area contributed by atoms with Gasteiger partial charge in [0.15, 0.2) is 0 Å². The Morgan fingerprint density at radius 3 is 2.17 bits per heavy atom. The molecule has 0 radical (unpaired) electrons. The molecule has 0 spiro atoms. The van der Waals surface area contributed by atoms with Gasteiger partial charge in [0, 0.05) is 0 Å². The summed E-state index contributed by atoms with van der Waals surface area (Å²) in [6, 6.07) is 12.8. The Morgan fingerprint density at radius 2 is 1.67 bits per heavy atom. The number of Topliss-reactive ketones (excluding diaryl/α,β-unsaturated/α-hetero) is 1. The van der Waals surface area contributed by atoms with Crippen molar-refractivity contribution in [1.82, 2.24) is 0 Å². The maximum atomic E-state index is 12.5. The van der Waals surface area contributed by atoms with Gasteiger partial charge < -0.3 is 4.74 Å². The fourth-order valence-corrected chi connectivity index (χ4v) is 2.57. The Bertz CT molecular complexity index is 845. The molecule has 0 unspecified atom stereocenters. The molecule has 120 valence electrons. The number of benzene rings is 2. The van der Waals surface area contributed by atoms with Crippen LogP contribution < -0.4 is 0 Å². The molecule has 4 nitrogen and oxygen atoms in total. The molecule has 2 aromatic rings. The van der Waals surface area contributed by atoms with E-state index >= 15 is 0 Å². The molecule has 2 aromatic carbocycles. The summed E-state index contributed by atoms with van der Waals surface area (Å²) in [5, 5.41) is 9.63. The van der Waals surface area contributed by atoms with E-state index in [9.17, 15) is 14.9 Å². The van der Waals surface area contributed by atoms with Crippen LogP contribution in [0.1, 0.15) is 26.3 Å². The van der Waals surface area contributed by atoms with Crippen molar-refractivity contribution in [3.63, 3.8) is 0 Å². The molecule has 0 N–H and O–H groups in total. The summed E-state index contributed by atoms with van der Waals surface area (Å²) in [6.45, 7) is 0. The minimum atomic E-state index is -0.565. The second kappa shape index (κ2) is 7.78. The van der Waals surface area contributed by atoms with Gasteiger partial charge in [-0.05, 0) is 35.9 Å². The third kappa shape index (κ3) is 3.83. The standard InChI is InChI=1S/C18H11Cl2NO3/c1-24-18(23)12-7-5-11(6-8-12)9-13(10-21)17(22)16-14(19)3-2-4-15(16)20/h2-9H,1H3/b13-9-. The Hall–Kier alpha value is -2.61. The van der Waals surface area contributed by atoms with Crippen LogP contribution in [0.4, 0.5) is 0 Å². The zero-order valence-electron chi connectivity index (χ0n) is 12.5. The normalized spacial score (nSPS) is 10.8. The Morgan fingerprint density at radius 1 is 1.08 bits per heavy atom. The number of carbonyl (C=O) groups is 2. The van der Waals surface area contributed by atoms with Gasteiger partial charge >= 0.3 is 5.97 Å². The quantitative estimate of drug-likeness (QED) is 0.347. The highest BCUT2D eigenvalue weighted by molar-refractivity contribution is 6.41. The van der Waals surface area contributed by atoms with Gasteiger partial charge in [-0.15, -0.1) is 0 Å². The van der Waals surface area contributed by atoms with Gasteiger partial charge in [-0.2, -0.15) is 5.26 Å². The van der Waals surface area contributed by atoms with Crippen molar-refractivity contribution >= 4 is 41.0 Å². The molecule has 6 heteroatoms. The fraction of sp³-hybridized carbons (Fsp3) is 0.0556. The average molecular weight is 360 g/mol. The van der Waals surface area contributed by atoms with Crippen LogP contribution in [0.25, 0.3) is 6.08 Å². The molecule has 24 heavy (non-hydrogen) atoms. The van der Waals surface area contributed by atoms with Crippen molar-refractivity contribution in [2.45, 2.75) is 0 Å². The molecule has 0 aliphatic carbocycles. The number of nitrogens with zero attached hydrogens (tertiary/aromatic N) is 1. The molecule has 0 aromatic heterocycles. The van der Waals surface area contributed by atoms with E-state index in [1.54, 1.807) is 30.3 Å². The number of hydrogen-bond acceptors (Lipinski definition) is 4. The van der Waals surface area contributed by atoms with E-state index in [1.165, 1.54) is 25.3 Å². The zero-order chi connectivity index (χ0) is 17.7. The summed E-state index contributed by atoms with van der Waals surface area (Å²) in [4.78, 5) is 23.9. The Kier molecular flexibility index (Phi) is 5.75. The molecule has 0 saturated heterocycles. The highest BCUT2D eigenvalue weighted by Crippen LogP contribution is 2.27. The minimum Gasteiger partial charge on any atom is -0.465 e. The smallest absolute Gasteiger partial charge is 0.337 e. The molecule has 0 fully saturated rings. The first-order valence-corrected chi connectivity index (χ1v) is 7.52. The SMILES string of the molecule is COC(=O)c1ccc(/C=C(/C#N)C(=O)c2c(Cl)cccc2Cl)cc1. The number of hydrogen-bond donors (Lipinski definition) is 0. The number of allylic oxidation sites excluding steroid dienone is 1. The topological polar surface area (TPSA) is 67.2 Å². The number of ketones is 1. The summed E-state index contributed by atoms with van der Waals surface area (Å²) in [5.74, 6) is -1.03. The van der Waals surface area contributed by atoms with Crippen molar-refractivity contribution in [3.8, 4) is 6.07 Å². The van der Waals surface area contributed by atoms with Crippen LogP contribution in [0.2, 0.25) is 10.0 Å². The van der Waals surface area contributed by atoms with Crippen LogP contribution in [0.5, 0.6) is 0 Å². The Balaban J connectivity index is 2.38. The third-order valence-electron chi connectivity index (χ3n) is 3.20. The maximum Gasteiger partial charge on any atom is 0.337 e. The molecule has 0 amide bonds. The van der Waals surface area contributed by atoms with Gasteiger partial charge in [0.05, 0.1) is 28.3 Å². The van der Waals surface area contributed by atoms with Crippen molar-refractivity contribution in [2.24, 2.45) is 0 Å². The molecule has 0 bridgehead atoms. The van der Waals surface area contributed by atoms with Gasteiger partial charge in [0.2, 0.25) is 5.78 Å². The lowest BCUT2D eigenvalue weighted by atomic mass is 10.0. The third-order valence-corrected chi connectivity index (χ3v) is 3.83. The van der Waals surface area contributed by atoms with Crippen molar-refractivity contribution in [3.05, 3.63) is 74.8 Å². The number of rotatable bonds is 4. The van der Waals surface area contributed by atoms with Gasteiger partial charge in [-0.1, -0.05) is 41.4 Å². The number of nitriles is 1. The number of halogens is 2. The first kappa shape index (κ1) is 17.7. The molecular formula is C18H11Cl2NO3. The summed E-state index contributed by atoms with van der Waals surface area (Å²) in [6.07, 6.45) is 1.41. The first-order chi connectivity index (χ1) is 11.5. The number of methoxy groups -OCH3 is 1. The summed E-state index contributed by atoms with van der Waals surface area (Å²) in [5.41, 5.74) is 0.917. The highest BCUT2D eigenvalue weighted by atomic mass is 35.5. The number of ether oxygens (including phenoxy) is 1. The second-order valence-corrected chi connectivity index (χ2v) is 5.52. The maximum absolute atomic E-state index is 12.5. The van der Waals surface area contributed by atoms with Crippen LogP contribution in [0.3, 0.4) is 0 Å². The second-order valence-electron chi connectivity index (χ2n) is 4.71. The van der Waals surface area contributed by atoms with Crippen LogP contribution >= 0.6 is 23.2 Å². The van der Waals surface area contributed by atoms with Gasteiger partial charge in [-0.3, -0.25) is 4.79 Å². The lowest BCUT2D eigenvalue weighted by Crippen LogP contribution is -2.04. The van der Waals surface area contributed by atoms with E-state index in [0.29, 0.717) is 11.1 Å². The van der Waals surface area contributed by atoms with Crippen LogP contribution in [0, 0.1) is 11.3 Å². The molecule has 0 aliphatic rings. The van der Waals surface area contributed by atoms with Crippen LogP contribution in [-0.2, 0) is 4.74 Å². The summed E-state index contributed by atoms with van der Waals surface area (Å²) in [7, 11) is 1.29. The van der Waals surface area contributed by atoms with Gasteiger partial charge in [0.1, 0.15) is 11.6 Å². The van der Waals surface area contributed by atoms with E-state index < -0.39 is 11.8 Å². The highest BCUT2D eigenvalue weighted by Gasteiger charge is 2.18. The predicted molar refractivity (Wildman–Crippen MR) is 92.2 cm³/mol. The molecule has 0 atom stereocenters. The van der Waals surface area contributed by atoms with E-state index in [-0.39, 0.29) is 21.2 Å². The van der Waals surface area contributed by atoms with Gasteiger partial charge in [-0.25, -0.2) is 4.79 Å². The van der Waals surface area contributed by atoms with Crippen molar-refractivity contribution < 1.29 is 14.3 Å². The first-order valence-electron chi connectivity index (χ1n) is 6.76.